The van der Waals surface area contributed by atoms with Crippen molar-refractivity contribution in [2.45, 2.75) is 19.8 Å². The molecule has 0 unspecified atom stereocenters. The Kier molecular flexibility index (Phi) is 5.56. The highest BCUT2D eigenvalue weighted by Crippen LogP contribution is 2.05. The van der Waals surface area contributed by atoms with Gasteiger partial charge in [-0.05, 0) is 18.6 Å². The lowest BCUT2D eigenvalue weighted by atomic mass is 10.2. The smallest absolute Gasteiger partial charge is 0.272 e. The average molecular weight is 240 g/mol. The molecule has 0 saturated heterocycles. The number of aromatic nitrogens is 1. The summed E-state index contributed by atoms with van der Waals surface area (Å²) in [7, 11) is 0. The molecule has 1 aromatic heterocycles. The van der Waals surface area contributed by atoms with Gasteiger partial charge in [0, 0.05) is 13.1 Å². The molecule has 0 atom stereocenters. The van der Waals surface area contributed by atoms with Crippen LogP contribution in [-0.2, 0) is 0 Å². The van der Waals surface area contributed by atoms with Crippen molar-refractivity contribution in [3.05, 3.63) is 29.8 Å². The molecule has 1 amide bonds. The van der Waals surface area contributed by atoms with E-state index < -0.39 is 5.82 Å². The Hall–Kier alpha value is -1.49. The van der Waals surface area contributed by atoms with E-state index in [2.05, 4.69) is 4.98 Å². The molecule has 0 radical (unpaired) electrons. The summed E-state index contributed by atoms with van der Waals surface area (Å²) in [4.78, 5) is 17.3. The molecule has 1 rings (SSSR count). The summed E-state index contributed by atoms with van der Waals surface area (Å²) in [6.07, 6.45) is 2.85. The lowest BCUT2D eigenvalue weighted by molar-refractivity contribution is 0.0713. The number of aliphatic hydroxyl groups excluding tert-OH is 1. The molecule has 0 bridgehead atoms. The zero-order valence-corrected chi connectivity index (χ0v) is 9.90. The lowest BCUT2D eigenvalue weighted by Crippen LogP contribution is -2.34. The molecule has 0 saturated carbocycles. The molecule has 0 spiro atoms. The number of unbranched alkanes of at least 4 members (excludes halogenated alkanes) is 1. The standard InChI is InChI=1S/C12H17FN2O2/c1-2-3-6-15(7-8-16)12(17)11-5-4-10(13)9-14-11/h4-5,9,16H,2-3,6-8H2,1H3. The van der Waals surface area contributed by atoms with Crippen molar-refractivity contribution >= 4 is 5.91 Å². The van der Waals surface area contributed by atoms with E-state index in [9.17, 15) is 9.18 Å². The minimum atomic E-state index is -0.469. The minimum Gasteiger partial charge on any atom is -0.395 e. The second-order valence-electron chi connectivity index (χ2n) is 3.73. The van der Waals surface area contributed by atoms with Crippen LogP contribution in [0.2, 0.25) is 0 Å². The third-order valence-corrected chi connectivity index (χ3v) is 2.39. The lowest BCUT2D eigenvalue weighted by Gasteiger charge is -2.20. The highest BCUT2D eigenvalue weighted by atomic mass is 19.1. The van der Waals surface area contributed by atoms with Crippen molar-refractivity contribution in [3.63, 3.8) is 0 Å². The molecular formula is C12H17FN2O2. The van der Waals surface area contributed by atoms with E-state index in [1.807, 2.05) is 6.92 Å². The van der Waals surface area contributed by atoms with E-state index in [1.165, 1.54) is 17.0 Å². The fourth-order valence-corrected chi connectivity index (χ4v) is 1.45. The summed E-state index contributed by atoms with van der Waals surface area (Å²) >= 11 is 0. The predicted molar refractivity (Wildman–Crippen MR) is 62.1 cm³/mol. The van der Waals surface area contributed by atoms with Crippen molar-refractivity contribution in [1.29, 1.82) is 0 Å². The van der Waals surface area contributed by atoms with Crippen molar-refractivity contribution in [3.8, 4) is 0 Å². The van der Waals surface area contributed by atoms with Gasteiger partial charge in [0.1, 0.15) is 11.5 Å². The molecule has 1 N–H and O–H groups in total. The van der Waals surface area contributed by atoms with Gasteiger partial charge >= 0.3 is 0 Å². The van der Waals surface area contributed by atoms with Crippen LogP contribution in [0.15, 0.2) is 18.3 Å². The SMILES string of the molecule is CCCCN(CCO)C(=O)c1ccc(F)cn1. The Morgan fingerprint density at radius 2 is 2.24 bits per heavy atom. The summed E-state index contributed by atoms with van der Waals surface area (Å²) in [6, 6.07) is 2.56. The number of nitrogens with zero attached hydrogens (tertiary/aromatic N) is 2. The van der Waals surface area contributed by atoms with Gasteiger partial charge in [0.2, 0.25) is 0 Å². The highest BCUT2D eigenvalue weighted by Gasteiger charge is 2.15. The minimum absolute atomic E-state index is 0.0867. The van der Waals surface area contributed by atoms with Gasteiger partial charge in [-0.25, -0.2) is 9.37 Å². The molecule has 17 heavy (non-hydrogen) atoms. The van der Waals surface area contributed by atoms with Crippen LogP contribution in [0, 0.1) is 5.82 Å². The molecule has 0 fully saturated rings. The van der Waals surface area contributed by atoms with Crippen LogP contribution in [0.1, 0.15) is 30.3 Å². The Morgan fingerprint density at radius 1 is 1.47 bits per heavy atom. The number of hydrogen-bond donors (Lipinski definition) is 1. The number of pyridine rings is 1. The van der Waals surface area contributed by atoms with E-state index >= 15 is 0 Å². The first-order valence-corrected chi connectivity index (χ1v) is 5.70. The van der Waals surface area contributed by atoms with Gasteiger partial charge in [-0.1, -0.05) is 13.3 Å². The molecule has 1 aromatic rings. The quantitative estimate of drug-likeness (QED) is 0.819. The Labute approximate surface area is 100 Å². The molecule has 94 valence electrons. The number of hydrogen-bond acceptors (Lipinski definition) is 3. The summed E-state index contributed by atoms with van der Waals surface area (Å²) in [6.45, 7) is 2.79. The summed E-state index contributed by atoms with van der Waals surface area (Å²) in [5, 5.41) is 8.90. The van der Waals surface area contributed by atoms with Crippen LogP contribution in [-0.4, -0.2) is 40.6 Å². The second-order valence-corrected chi connectivity index (χ2v) is 3.73. The Bertz CT molecular complexity index is 354. The Morgan fingerprint density at radius 3 is 2.76 bits per heavy atom. The molecule has 0 aromatic carbocycles. The van der Waals surface area contributed by atoms with Gasteiger partial charge in [0.05, 0.1) is 12.8 Å². The normalized spacial score (nSPS) is 10.3. The molecule has 4 nitrogen and oxygen atoms in total. The summed E-state index contributed by atoms with van der Waals surface area (Å²) < 4.78 is 12.7. The highest BCUT2D eigenvalue weighted by molar-refractivity contribution is 5.92. The molecule has 0 aliphatic carbocycles. The van der Waals surface area contributed by atoms with Crippen molar-refractivity contribution in [2.24, 2.45) is 0 Å². The van der Waals surface area contributed by atoms with E-state index in [0.717, 1.165) is 19.0 Å². The first kappa shape index (κ1) is 13.6. The molecular weight excluding hydrogens is 223 g/mol. The third kappa shape index (κ3) is 4.11. The molecule has 0 aliphatic heterocycles. The van der Waals surface area contributed by atoms with Crippen LogP contribution in [0.4, 0.5) is 4.39 Å². The summed E-state index contributed by atoms with van der Waals surface area (Å²) in [5.74, 6) is -0.740. The maximum atomic E-state index is 12.7. The number of carbonyl (C=O) groups is 1. The second kappa shape index (κ2) is 6.96. The van der Waals surface area contributed by atoms with Crippen molar-refractivity contribution < 1.29 is 14.3 Å². The van der Waals surface area contributed by atoms with Crippen molar-refractivity contribution in [1.82, 2.24) is 9.88 Å². The molecule has 1 heterocycles. The molecule has 0 aliphatic rings. The number of amides is 1. The zero-order valence-electron chi connectivity index (χ0n) is 9.90. The van der Waals surface area contributed by atoms with Gasteiger partial charge in [0.25, 0.3) is 5.91 Å². The fraction of sp³-hybridized carbons (Fsp3) is 0.500. The van der Waals surface area contributed by atoms with Crippen LogP contribution in [0.5, 0.6) is 0 Å². The number of aliphatic hydroxyl groups is 1. The topological polar surface area (TPSA) is 53.4 Å². The predicted octanol–water partition coefficient (Wildman–Crippen LogP) is 1.46. The monoisotopic (exact) mass is 240 g/mol. The number of carbonyl (C=O) groups excluding carboxylic acids is 1. The molecule has 5 heteroatoms. The van der Waals surface area contributed by atoms with E-state index in [-0.39, 0.29) is 24.8 Å². The number of rotatable bonds is 6. The maximum absolute atomic E-state index is 12.7. The summed E-state index contributed by atoms with van der Waals surface area (Å²) in [5.41, 5.74) is 0.205. The van der Waals surface area contributed by atoms with Crippen LogP contribution < -0.4 is 0 Å². The Balaban J connectivity index is 2.72. The van der Waals surface area contributed by atoms with Gasteiger partial charge in [0.15, 0.2) is 0 Å². The van der Waals surface area contributed by atoms with Gasteiger partial charge in [-0.2, -0.15) is 0 Å². The number of halogens is 1. The maximum Gasteiger partial charge on any atom is 0.272 e. The van der Waals surface area contributed by atoms with Crippen molar-refractivity contribution in [2.75, 3.05) is 19.7 Å². The van der Waals surface area contributed by atoms with E-state index in [0.29, 0.717) is 6.54 Å². The fourth-order valence-electron chi connectivity index (χ4n) is 1.45. The first-order valence-electron chi connectivity index (χ1n) is 5.70. The zero-order chi connectivity index (χ0) is 12.7. The average Bonchev–Trinajstić information content (AvgIpc) is 2.34. The van der Waals surface area contributed by atoms with Gasteiger partial charge < -0.3 is 10.0 Å². The largest absolute Gasteiger partial charge is 0.395 e. The third-order valence-electron chi connectivity index (χ3n) is 2.39. The van der Waals surface area contributed by atoms with Crippen LogP contribution >= 0.6 is 0 Å². The van der Waals surface area contributed by atoms with Gasteiger partial charge in [-0.3, -0.25) is 4.79 Å². The van der Waals surface area contributed by atoms with E-state index in [1.54, 1.807) is 0 Å². The van der Waals surface area contributed by atoms with Crippen LogP contribution in [0.3, 0.4) is 0 Å². The first-order chi connectivity index (χ1) is 8.19. The van der Waals surface area contributed by atoms with E-state index in [4.69, 9.17) is 5.11 Å². The van der Waals surface area contributed by atoms with Crippen LogP contribution in [0.25, 0.3) is 0 Å². The van der Waals surface area contributed by atoms with Gasteiger partial charge in [-0.15, -0.1) is 0 Å².